The third-order valence-electron chi connectivity index (χ3n) is 0. The van der Waals surface area contributed by atoms with E-state index in [-0.39, 0.29) is 9.90 Å². The van der Waals surface area contributed by atoms with E-state index in [9.17, 15) is 0 Å². The van der Waals surface area contributed by atoms with E-state index in [1.165, 1.54) is 0 Å². The molecule has 0 aromatic rings. The number of hydrogen-bond acceptors (Lipinski definition) is 0. The maximum Gasteiger partial charge on any atom is -0.153 e. The van der Waals surface area contributed by atoms with E-state index < -0.39 is 0 Å². The van der Waals surface area contributed by atoms with Crippen molar-refractivity contribution in [2.45, 2.75) is 75.1 Å². The Bertz CT molecular complexity index is 91.3. The molecule has 16 heavy (non-hydrogen) atoms. The van der Waals surface area contributed by atoms with Crippen molar-refractivity contribution in [3.05, 3.63) is 0 Å². The maximum atomic E-state index is 2.19. The SMILES string of the molecule is C[C](C)(C)[Ge].C[C](C)(C)[Ge].C[C](C)(C)[Ge].P. The molecule has 0 fully saturated rings. The van der Waals surface area contributed by atoms with Gasteiger partial charge in [0.05, 0.1) is 0 Å². The minimum atomic E-state index is 0. The van der Waals surface area contributed by atoms with Crippen molar-refractivity contribution < 1.29 is 0 Å². The standard InChI is InChI=1S/3C4H9Ge.H3P/c3*1-4(2,3)5;/h3*1-3H3;1H3. The van der Waals surface area contributed by atoms with E-state index in [1.54, 1.807) is 0 Å². The summed E-state index contributed by atoms with van der Waals surface area (Å²) in [7, 11) is 0. The van der Waals surface area contributed by atoms with Gasteiger partial charge in [-0.15, -0.1) is 0 Å². The maximum absolute atomic E-state index is 2.19. The van der Waals surface area contributed by atoms with Crippen LogP contribution in [0, 0.1) is 0 Å². The first-order valence-corrected chi connectivity index (χ1v) is 8.40. The summed E-state index contributed by atoms with van der Waals surface area (Å²) in [6.07, 6.45) is 0. The third kappa shape index (κ3) is 859. The molecule has 0 aliphatic heterocycles. The zero-order valence-corrected chi connectivity index (χ0v) is 20.4. The molecule has 0 rings (SSSR count). The second-order valence-corrected chi connectivity index (χ2v) is 16.2. The van der Waals surface area contributed by atoms with Gasteiger partial charge in [-0.2, -0.15) is 9.90 Å². The second-order valence-electron chi connectivity index (χ2n) is 6.75. The largest absolute Gasteiger partial charge is 0.153 e. The van der Waals surface area contributed by atoms with E-state index in [0.717, 1.165) is 0 Å². The van der Waals surface area contributed by atoms with Crippen molar-refractivity contribution in [3.63, 3.8) is 0 Å². The van der Waals surface area contributed by atoms with Crippen LogP contribution >= 0.6 is 9.90 Å². The summed E-state index contributed by atoms with van der Waals surface area (Å²) >= 11 is 6.56. The van der Waals surface area contributed by atoms with E-state index in [0.29, 0.717) is 12.7 Å². The zero-order valence-electron chi connectivity index (χ0n) is 12.7. The molecule has 0 aromatic carbocycles. The van der Waals surface area contributed by atoms with Crippen LogP contribution in [0.4, 0.5) is 0 Å². The molecule has 0 bridgehead atoms. The predicted octanol–water partition coefficient (Wildman–Crippen LogP) is 4.18. The molecule has 0 N–H and O–H groups in total. The zero-order chi connectivity index (χ0) is 13.5. The fraction of sp³-hybridized carbons (Fsp3) is 1.00. The van der Waals surface area contributed by atoms with E-state index in [1.807, 2.05) is 0 Å². The summed E-state index contributed by atoms with van der Waals surface area (Å²) in [5.41, 5.74) is 0. The molecule has 1 atom stereocenters. The monoisotopic (exact) mass is 427 g/mol. The van der Waals surface area contributed by atoms with Crippen LogP contribution in [-0.4, -0.2) is 49.5 Å². The molecule has 0 amide bonds. The van der Waals surface area contributed by atoms with Gasteiger partial charge in [0.15, 0.2) is 0 Å². The van der Waals surface area contributed by atoms with Crippen LogP contribution in [0.2, 0.25) is 12.7 Å². The molecular formula is C12H30Ge3P. The van der Waals surface area contributed by atoms with Gasteiger partial charge in [0.2, 0.25) is 0 Å². The summed E-state index contributed by atoms with van der Waals surface area (Å²) in [5.74, 6) is 0. The van der Waals surface area contributed by atoms with Crippen molar-refractivity contribution in [1.29, 1.82) is 0 Å². The molecule has 0 aromatic heterocycles. The van der Waals surface area contributed by atoms with E-state index >= 15 is 0 Å². The average molecular weight is 423 g/mol. The Morgan fingerprint density at radius 1 is 0.438 bits per heavy atom. The van der Waals surface area contributed by atoms with Crippen molar-refractivity contribution in [1.82, 2.24) is 0 Å². The summed E-state index contributed by atoms with van der Waals surface area (Å²) in [6, 6.07) is 0. The Morgan fingerprint density at radius 3 is 0.438 bits per heavy atom. The molecule has 0 aliphatic carbocycles. The van der Waals surface area contributed by atoms with Crippen molar-refractivity contribution >= 4 is 59.4 Å². The van der Waals surface area contributed by atoms with Gasteiger partial charge in [-0.1, -0.05) is 0 Å². The van der Waals surface area contributed by atoms with Crippen molar-refractivity contribution in [3.8, 4) is 0 Å². The Balaban J connectivity index is -0.0000000655. The van der Waals surface area contributed by atoms with Crippen LogP contribution in [0.5, 0.6) is 0 Å². The van der Waals surface area contributed by atoms with Crippen LogP contribution in [0.1, 0.15) is 62.3 Å². The van der Waals surface area contributed by atoms with Gasteiger partial charge in [0.25, 0.3) is 0 Å². The quantitative estimate of drug-likeness (QED) is 0.405. The fourth-order valence-electron chi connectivity index (χ4n) is 0. The van der Waals surface area contributed by atoms with Crippen LogP contribution in [-0.2, 0) is 0 Å². The molecule has 0 saturated carbocycles. The first kappa shape index (κ1) is 26.6. The van der Waals surface area contributed by atoms with Gasteiger partial charge < -0.3 is 0 Å². The van der Waals surface area contributed by atoms with Gasteiger partial charge >= 0.3 is 125 Å². The van der Waals surface area contributed by atoms with Crippen LogP contribution < -0.4 is 0 Å². The topological polar surface area (TPSA) is 0 Å². The Morgan fingerprint density at radius 2 is 0.438 bits per heavy atom. The van der Waals surface area contributed by atoms with Gasteiger partial charge in [-0.25, -0.2) is 0 Å². The molecule has 1 unspecified atom stereocenters. The normalized spacial score (nSPS) is 11.2. The molecule has 9 radical (unpaired) electrons. The van der Waals surface area contributed by atoms with Gasteiger partial charge in [0.1, 0.15) is 0 Å². The third-order valence-corrected chi connectivity index (χ3v) is 0. The van der Waals surface area contributed by atoms with Crippen molar-refractivity contribution in [2.75, 3.05) is 0 Å². The van der Waals surface area contributed by atoms with E-state index in [2.05, 4.69) is 112 Å². The molecule has 0 saturated heterocycles. The van der Waals surface area contributed by atoms with Crippen LogP contribution in [0.3, 0.4) is 0 Å². The first-order chi connectivity index (χ1) is 6.00. The molecule has 95 valence electrons. The van der Waals surface area contributed by atoms with E-state index in [4.69, 9.17) is 0 Å². The van der Waals surface area contributed by atoms with Crippen LogP contribution in [0.25, 0.3) is 0 Å². The average Bonchev–Trinajstić information content (AvgIpc) is 1.41. The minimum absolute atomic E-state index is 0. The second kappa shape index (κ2) is 10.9. The summed E-state index contributed by atoms with van der Waals surface area (Å²) in [4.78, 5) is 0. The van der Waals surface area contributed by atoms with Crippen LogP contribution in [0.15, 0.2) is 0 Å². The molecule has 0 nitrogen and oxygen atoms in total. The Labute approximate surface area is 134 Å². The summed E-state index contributed by atoms with van der Waals surface area (Å²) in [6.45, 7) is 19.7. The number of rotatable bonds is 0. The first-order valence-electron chi connectivity index (χ1n) is 5.25. The predicted molar refractivity (Wildman–Crippen MR) is 87.5 cm³/mol. The molecule has 0 heterocycles. The van der Waals surface area contributed by atoms with Gasteiger partial charge in [-0.05, 0) is 0 Å². The minimum Gasteiger partial charge on any atom is -0.153 e. The van der Waals surface area contributed by atoms with Gasteiger partial charge in [0, 0.05) is 0 Å². The van der Waals surface area contributed by atoms with Crippen molar-refractivity contribution in [2.24, 2.45) is 0 Å². The summed E-state index contributed by atoms with van der Waals surface area (Å²) < 4.78 is 1.50. The van der Waals surface area contributed by atoms with Gasteiger partial charge in [-0.3, -0.25) is 0 Å². The fourth-order valence-corrected chi connectivity index (χ4v) is 0. The molecular weight excluding hydrogens is 393 g/mol. The number of hydrogen-bond donors (Lipinski definition) is 0. The summed E-state index contributed by atoms with van der Waals surface area (Å²) in [5, 5.41) is 0. The molecule has 0 aliphatic rings. The Kier molecular flexibility index (Phi) is 18.2. The molecule has 4 heteroatoms. The Hall–Kier alpha value is 2.06. The molecule has 0 spiro atoms. The smallest absolute Gasteiger partial charge is 0.153 e.